The quantitative estimate of drug-likeness (QED) is 0.173. The standard InChI is InChI=1S/C24H18F7N3O2/c1-22(2,3)36-21(35)14(10-32)8-15-12-34(20-19(15)18(25)4-5-33-20)11-13-6-16(23(26,27)28)9-17(7-13)24(29,30)31/h4-9,12H,11H2,1-3H3/b14-8+. The van der Waals surface area contributed by atoms with Crippen LogP contribution in [0.3, 0.4) is 0 Å². The fourth-order valence-electron chi connectivity index (χ4n) is 3.37. The van der Waals surface area contributed by atoms with Crippen molar-refractivity contribution in [3.05, 3.63) is 70.3 Å². The largest absolute Gasteiger partial charge is 0.456 e. The second-order valence-corrected chi connectivity index (χ2v) is 8.79. The Labute approximate surface area is 200 Å². The third kappa shape index (κ3) is 6.02. The molecule has 3 aromatic rings. The number of hydrogen-bond acceptors (Lipinski definition) is 4. The fourth-order valence-corrected chi connectivity index (χ4v) is 3.37. The van der Waals surface area contributed by atoms with Crippen molar-refractivity contribution in [2.24, 2.45) is 0 Å². The SMILES string of the molecule is CC(C)(C)OC(=O)/C(C#N)=C/c1cn(Cc2cc(C(F)(F)F)cc(C(F)(F)F)c2)c2nccc(F)c12. The van der Waals surface area contributed by atoms with Crippen LogP contribution in [0, 0.1) is 17.1 Å². The van der Waals surface area contributed by atoms with Gasteiger partial charge in [0.25, 0.3) is 0 Å². The van der Waals surface area contributed by atoms with Crippen molar-refractivity contribution in [3.8, 4) is 6.07 Å². The average molecular weight is 513 g/mol. The maximum atomic E-state index is 14.7. The van der Waals surface area contributed by atoms with Crippen LogP contribution < -0.4 is 0 Å². The van der Waals surface area contributed by atoms with Gasteiger partial charge in [0.1, 0.15) is 28.7 Å². The smallest absolute Gasteiger partial charge is 0.416 e. The molecule has 0 fully saturated rings. The normalized spacial score (nSPS) is 13.1. The van der Waals surface area contributed by atoms with Crippen LogP contribution in [0.4, 0.5) is 30.7 Å². The van der Waals surface area contributed by atoms with E-state index < -0.39 is 53.0 Å². The molecule has 0 N–H and O–H groups in total. The maximum Gasteiger partial charge on any atom is 0.416 e. The molecule has 0 aliphatic heterocycles. The van der Waals surface area contributed by atoms with Crippen LogP contribution in [0.5, 0.6) is 0 Å². The van der Waals surface area contributed by atoms with Crippen LogP contribution in [0.25, 0.3) is 17.1 Å². The van der Waals surface area contributed by atoms with Crippen LogP contribution in [-0.4, -0.2) is 21.1 Å². The third-order valence-corrected chi connectivity index (χ3v) is 4.78. The zero-order valence-corrected chi connectivity index (χ0v) is 19.1. The summed E-state index contributed by atoms with van der Waals surface area (Å²) in [4.78, 5) is 16.3. The van der Waals surface area contributed by atoms with Crippen molar-refractivity contribution in [2.75, 3.05) is 0 Å². The molecule has 2 aromatic heterocycles. The second kappa shape index (κ2) is 9.29. The highest BCUT2D eigenvalue weighted by Gasteiger charge is 2.37. The first-order chi connectivity index (χ1) is 16.5. The number of hydrogen-bond donors (Lipinski definition) is 0. The van der Waals surface area contributed by atoms with E-state index in [1.807, 2.05) is 0 Å². The molecule has 0 aliphatic rings. The third-order valence-electron chi connectivity index (χ3n) is 4.78. The molecule has 190 valence electrons. The Kier molecular flexibility index (Phi) is 6.90. The van der Waals surface area contributed by atoms with Crippen LogP contribution in [-0.2, 0) is 28.4 Å². The highest BCUT2D eigenvalue weighted by Crippen LogP contribution is 2.37. The van der Waals surface area contributed by atoms with Gasteiger partial charge in [-0.25, -0.2) is 14.2 Å². The number of halogens is 7. The van der Waals surface area contributed by atoms with Crippen molar-refractivity contribution in [2.45, 2.75) is 45.3 Å². The minimum absolute atomic E-state index is 0.00335. The molecule has 0 amide bonds. The molecule has 0 saturated heterocycles. The molecule has 0 aliphatic carbocycles. The first kappa shape index (κ1) is 26.7. The molecular formula is C24H18F7N3O2. The number of carbonyl (C=O) groups is 1. The zero-order chi connectivity index (χ0) is 27.1. The van der Waals surface area contributed by atoms with Gasteiger partial charge in [0.05, 0.1) is 16.5 Å². The van der Waals surface area contributed by atoms with E-state index in [9.17, 15) is 40.8 Å². The van der Waals surface area contributed by atoms with Gasteiger partial charge in [-0.05, 0) is 56.7 Å². The first-order valence-corrected chi connectivity index (χ1v) is 10.3. The molecule has 1 aromatic carbocycles. The number of ether oxygens (including phenoxy) is 1. The Balaban J connectivity index is 2.15. The summed E-state index contributed by atoms with van der Waals surface area (Å²) < 4.78 is 100. The number of esters is 1. The summed E-state index contributed by atoms with van der Waals surface area (Å²) in [6.45, 7) is 4.17. The predicted octanol–water partition coefficient (Wildman–Crippen LogP) is 6.51. The lowest BCUT2D eigenvalue weighted by Gasteiger charge is -2.18. The van der Waals surface area contributed by atoms with E-state index in [1.165, 1.54) is 6.20 Å². The molecule has 5 nitrogen and oxygen atoms in total. The van der Waals surface area contributed by atoms with E-state index in [-0.39, 0.29) is 28.2 Å². The van der Waals surface area contributed by atoms with Crippen molar-refractivity contribution < 1.29 is 40.3 Å². The topological polar surface area (TPSA) is 67.9 Å². The fraction of sp³-hybridized carbons (Fsp3) is 0.292. The van der Waals surface area contributed by atoms with Gasteiger partial charge in [0.2, 0.25) is 0 Å². The molecule has 3 rings (SSSR count). The van der Waals surface area contributed by atoms with Gasteiger partial charge in [-0.1, -0.05) is 0 Å². The zero-order valence-electron chi connectivity index (χ0n) is 19.1. The van der Waals surface area contributed by atoms with E-state index in [0.29, 0.717) is 12.1 Å². The minimum Gasteiger partial charge on any atom is -0.456 e. The van der Waals surface area contributed by atoms with Crippen LogP contribution >= 0.6 is 0 Å². The Morgan fingerprint density at radius 3 is 2.17 bits per heavy atom. The number of alkyl halides is 6. The van der Waals surface area contributed by atoms with Crippen LogP contribution in [0.2, 0.25) is 0 Å². The number of pyridine rings is 1. The predicted molar refractivity (Wildman–Crippen MR) is 115 cm³/mol. The van der Waals surface area contributed by atoms with Gasteiger partial charge in [0.15, 0.2) is 0 Å². The van der Waals surface area contributed by atoms with Gasteiger partial charge in [-0.3, -0.25) is 0 Å². The van der Waals surface area contributed by atoms with E-state index in [2.05, 4.69) is 4.98 Å². The number of benzene rings is 1. The summed E-state index contributed by atoms with van der Waals surface area (Å²) in [7, 11) is 0. The molecule has 12 heteroatoms. The Hall–Kier alpha value is -3.88. The lowest BCUT2D eigenvalue weighted by Crippen LogP contribution is -2.24. The molecule has 0 spiro atoms. The molecule has 0 radical (unpaired) electrons. The van der Waals surface area contributed by atoms with Gasteiger partial charge < -0.3 is 9.30 Å². The summed E-state index contributed by atoms with van der Waals surface area (Å²) in [6.07, 6.45) is -6.82. The molecule has 0 atom stereocenters. The summed E-state index contributed by atoms with van der Waals surface area (Å²) in [5.41, 5.74) is -4.96. The number of nitriles is 1. The molecule has 2 heterocycles. The molecular weight excluding hydrogens is 495 g/mol. The van der Waals surface area contributed by atoms with E-state index in [1.54, 1.807) is 26.8 Å². The number of nitrogens with zero attached hydrogens (tertiary/aromatic N) is 3. The Bertz CT molecular complexity index is 1360. The highest BCUT2D eigenvalue weighted by molar-refractivity contribution is 6.01. The molecule has 36 heavy (non-hydrogen) atoms. The van der Waals surface area contributed by atoms with Crippen LogP contribution in [0.15, 0.2) is 42.2 Å². The van der Waals surface area contributed by atoms with Crippen LogP contribution in [0.1, 0.15) is 43.0 Å². The average Bonchev–Trinajstić information content (AvgIpc) is 3.07. The summed E-state index contributed by atoms with van der Waals surface area (Å²) >= 11 is 0. The van der Waals surface area contributed by atoms with E-state index in [0.717, 1.165) is 22.9 Å². The number of aromatic nitrogens is 2. The van der Waals surface area contributed by atoms with Crippen molar-refractivity contribution in [3.63, 3.8) is 0 Å². The molecule has 0 saturated carbocycles. The highest BCUT2D eigenvalue weighted by atomic mass is 19.4. The first-order valence-electron chi connectivity index (χ1n) is 10.3. The molecule has 0 unspecified atom stereocenters. The van der Waals surface area contributed by atoms with Gasteiger partial charge in [-0.2, -0.15) is 31.6 Å². The summed E-state index contributed by atoms with van der Waals surface area (Å²) in [5, 5.41) is 9.22. The van der Waals surface area contributed by atoms with Crippen molar-refractivity contribution >= 4 is 23.1 Å². The lowest BCUT2D eigenvalue weighted by molar-refractivity contribution is -0.149. The van der Waals surface area contributed by atoms with E-state index in [4.69, 9.17) is 4.74 Å². The monoisotopic (exact) mass is 513 g/mol. The summed E-state index contributed by atoms with van der Waals surface area (Å²) in [5.74, 6) is -1.82. The van der Waals surface area contributed by atoms with Gasteiger partial charge >= 0.3 is 18.3 Å². The van der Waals surface area contributed by atoms with Gasteiger partial charge in [0, 0.05) is 24.5 Å². The Morgan fingerprint density at radius 2 is 1.67 bits per heavy atom. The number of carbonyl (C=O) groups excluding carboxylic acids is 1. The number of rotatable bonds is 4. The van der Waals surface area contributed by atoms with E-state index >= 15 is 0 Å². The summed E-state index contributed by atoms with van der Waals surface area (Å²) in [6, 6.07) is 3.74. The second-order valence-electron chi connectivity index (χ2n) is 8.79. The Morgan fingerprint density at radius 1 is 1.08 bits per heavy atom. The number of fused-ring (bicyclic) bond motifs is 1. The minimum atomic E-state index is -5.04. The lowest BCUT2D eigenvalue weighted by atomic mass is 10.0. The molecule has 0 bridgehead atoms. The van der Waals surface area contributed by atoms with Crippen molar-refractivity contribution in [1.82, 2.24) is 9.55 Å². The van der Waals surface area contributed by atoms with Crippen molar-refractivity contribution in [1.29, 1.82) is 5.26 Å². The maximum absolute atomic E-state index is 14.7. The van der Waals surface area contributed by atoms with Gasteiger partial charge in [-0.15, -0.1) is 0 Å².